The maximum absolute atomic E-state index is 14.6. The zero-order valence-corrected chi connectivity index (χ0v) is 28.1. The highest BCUT2D eigenvalue weighted by molar-refractivity contribution is 7.92. The van der Waals surface area contributed by atoms with Gasteiger partial charge in [-0.15, -0.1) is 0 Å². The molecular formula is C36H40ClN3O5S. The van der Waals surface area contributed by atoms with Crippen LogP contribution in [0.4, 0.5) is 5.69 Å². The molecule has 0 spiro atoms. The van der Waals surface area contributed by atoms with Crippen LogP contribution < -0.4 is 14.4 Å². The first-order chi connectivity index (χ1) is 22.0. The van der Waals surface area contributed by atoms with E-state index in [0.717, 1.165) is 21.0 Å². The van der Waals surface area contributed by atoms with Gasteiger partial charge >= 0.3 is 0 Å². The molecule has 0 aliphatic carbocycles. The van der Waals surface area contributed by atoms with Crippen LogP contribution in [0.5, 0.6) is 5.75 Å². The van der Waals surface area contributed by atoms with E-state index in [9.17, 15) is 18.0 Å². The van der Waals surface area contributed by atoms with E-state index < -0.39 is 28.5 Å². The lowest BCUT2D eigenvalue weighted by Gasteiger charge is -2.34. The number of halogens is 1. The molecular weight excluding hydrogens is 622 g/mol. The number of rotatable bonds is 14. The zero-order valence-electron chi connectivity index (χ0n) is 26.5. The standard InChI is InChI=1S/C36H40ClN3O5S/c1-5-27(3)38-36(42)33(22-28-12-8-6-9-13-28)39(24-29-18-16-26(2)17-19-29)35(41)25-40(32-23-30(37)20-21-34(32)45-4)46(43,44)31-14-10-7-11-15-31/h6-21,23,27,33H,5,22,24-25H2,1-4H3,(H,38,42)/t27-,33-/m1/s1. The lowest BCUT2D eigenvalue weighted by Crippen LogP contribution is -2.54. The van der Waals surface area contributed by atoms with Gasteiger partial charge in [-0.05, 0) is 61.7 Å². The summed E-state index contributed by atoms with van der Waals surface area (Å²) in [6.45, 7) is 5.31. The van der Waals surface area contributed by atoms with Crippen LogP contribution >= 0.6 is 11.6 Å². The van der Waals surface area contributed by atoms with Gasteiger partial charge in [0.15, 0.2) is 0 Å². The largest absolute Gasteiger partial charge is 0.495 e. The van der Waals surface area contributed by atoms with Gasteiger partial charge in [-0.2, -0.15) is 0 Å². The van der Waals surface area contributed by atoms with Crippen molar-refractivity contribution in [2.24, 2.45) is 0 Å². The summed E-state index contributed by atoms with van der Waals surface area (Å²) < 4.78 is 35.0. The predicted molar refractivity (Wildman–Crippen MR) is 183 cm³/mol. The Morgan fingerprint density at radius 2 is 1.52 bits per heavy atom. The van der Waals surface area contributed by atoms with Crippen molar-refractivity contribution in [3.63, 3.8) is 0 Å². The Kier molecular flexibility index (Phi) is 11.8. The molecule has 4 rings (SSSR count). The quantitative estimate of drug-likeness (QED) is 0.169. The Labute approximate surface area is 277 Å². The van der Waals surface area contributed by atoms with E-state index in [0.29, 0.717) is 6.42 Å². The summed E-state index contributed by atoms with van der Waals surface area (Å²) in [6, 6.07) is 28.5. The van der Waals surface area contributed by atoms with Gasteiger partial charge in [0.2, 0.25) is 11.8 Å². The van der Waals surface area contributed by atoms with E-state index in [1.165, 1.54) is 30.2 Å². The number of nitrogens with zero attached hydrogens (tertiary/aromatic N) is 2. The lowest BCUT2D eigenvalue weighted by molar-refractivity contribution is -0.140. The second-order valence-electron chi connectivity index (χ2n) is 11.2. The van der Waals surface area contributed by atoms with Gasteiger partial charge in [-0.1, -0.05) is 96.9 Å². The molecule has 0 radical (unpaired) electrons. The predicted octanol–water partition coefficient (Wildman–Crippen LogP) is 6.41. The van der Waals surface area contributed by atoms with Crippen LogP contribution in [0.3, 0.4) is 0 Å². The number of ether oxygens (including phenoxy) is 1. The highest BCUT2D eigenvalue weighted by Crippen LogP contribution is 2.35. The van der Waals surface area contributed by atoms with Crippen molar-refractivity contribution >= 4 is 39.1 Å². The van der Waals surface area contributed by atoms with Gasteiger partial charge in [0.1, 0.15) is 18.3 Å². The molecule has 0 bridgehead atoms. The van der Waals surface area contributed by atoms with Gasteiger partial charge in [0.25, 0.3) is 10.0 Å². The van der Waals surface area contributed by atoms with Crippen LogP contribution in [-0.2, 0) is 32.6 Å². The number of carbonyl (C=O) groups is 2. The molecule has 242 valence electrons. The summed E-state index contributed by atoms with van der Waals surface area (Å²) in [6.07, 6.45) is 0.931. The molecule has 0 unspecified atom stereocenters. The van der Waals surface area contributed by atoms with Crippen molar-refractivity contribution < 1.29 is 22.7 Å². The van der Waals surface area contributed by atoms with Crippen molar-refractivity contribution in [3.8, 4) is 5.75 Å². The second-order valence-corrected chi connectivity index (χ2v) is 13.5. The number of carbonyl (C=O) groups excluding carboxylic acids is 2. The molecule has 46 heavy (non-hydrogen) atoms. The smallest absolute Gasteiger partial charge is 0.264 e. The third kappa shape index (κ3) is 8.68. The maximum Gasteiger partial charge on any atom is 0.264 e. The molecule has 0 fully saturated rings. The van der Waals surface area contributed by atoms with E-state index in [2.05, 4.69) is 5.32 Å². The summed E-state index contributed by atoms with van der Waals surface area (Å²) in [5.74, 6) is -0.670. The van der Waals surface area contributed by atoms with E-state index in [1.807, 2.05) is 75.4 Å². The number of sulfonamides is 1. The SMILES string of the molecule is CC[C@@H](C)NC(=O)[C@@H](Cc1ccccc1)N(Cc1ccc(C)cc1)C(=O)CN(c1cc(Cl)ccc1OC)S(=O)(=O)c1ccccc1. The normalized spacial score (nSPS) is 12.5. The number of amides is 2. The Morgan fingerprint density at radius 1 is 0.891 bits per heavy atom. The van der Waals surface area contributed by atoms with Crippen LogP contribution in [0.15, 0.2) is 108 Å². The molecule has 0 saturated carbocycles. The van der Waals surface area contributed by atoms with Gasteiger partial charge in [-0.25, -0.2) is 8.42 Å². The van der Waals surface area contributed by atoms with E-state index in [1.54, 1.807) is 30.3 Å². The first-order valence-corrected chi connectivity index (χ1v) is 17.0. The summed E-state index contributed by atoms with van der Waals surface area (Å²) in [7, 11) is -2.87. The molecule has 0 saturated heterocycles. The average molecular weight is 662 g/mol. The van der Waals surface area contributed by atoms with Gasteiger partial charge in [0, 0.05) is 24.0 Å². The first kappa shape index (κ1) is 34.5. The highest BCUT2D eigenvalue weighted by Gasteiger charge is 2.36. The number of nitrogens with one attached hydrogen (secondary N) is 1. The second kappa shape index (κ2) is 15.8. The van der Waals surface area contributed by atoms with Crippen LogP contribution in [0.2, 0.25) is 5.02 Å². The number of benzene rings is 4. The molecule has 10 heteroatoms. The monoisotopic (exact) mass is 661 g/mol. The van der Waals surface area contributed by atoms with Gasteiger partial charge in [0.05, 0.1) is 17.7 Å². The molecule has 1 N–H and O–H groups in total. The third-order valence-electron chi connectivity index (χ3n) is 7.77. The molecule has 2 atom stereocenters. The molecule has 0 heterocycles. The van der Waals surface area contributed by atoms with Crippen molar-refractivity contribution in [2.45, 2.75) is 57.1 Å². The molecule has 0 aliphatic heterocycles. The number of aryl methyl sites for hydroxylation is 1. The van der Waals surface area contributed by atoms with Crippen molar-refractivity contribution in [1.29, 1.82) is 0 Å². The van der Waals surface area contributed by atoms with E-state index in [-0.39, 0.29) is 46.3 Å². The number of hydrogen-bond acceptors (Lipinski definition) is 5. The first-order valence-electron chi connectivity index (χ1n) is 15.1. The van der Waals surface area contributed by atoms with E-state index >= 15 is 0 Å². The minimum absolute atomic E-state index is 0.00902. The third-order valence-corrected chi connectivity index (χ3v) is 9.77. The van der Waals surface area contributed by atoms with Crippen LogP contribution in [0, 0.1) is 6.92 Å². The molecule has 4 aromatic rings. The fourth-order valence-electron chi connectivity index (χ4n) is 4.98. The van der Waals surface area contributed by atoms with E-state index in [4.69, 9.17) is 16.3 Å². The summed E-state index contributed by atoms with van der Waals surface area (Å²) in [5.41, 5.74) is 2.81. The molecule has 0 aliphatic rings. The number of hydrogen-bond donors (Lipinski definition) is 1. The number of anilines is 1. The Balaban J connectivity index is 1.84. The minimum Gasteiger partial charge on any atom is -0.495 e. The Bertz CT molecular complexity index is 1720. The summed E-state index contributed by atoms with van der Waals surface area (Å²) in [5, 5.41) is 3.31. The minimum atomic E-state index is -4.29. The number of methoxy groups -OCH3 is 1. The Hall–Kier alpha value is -4.34. The van der Waals surface area contributed by atoms with Gasteiger partial charge < -0.3 is 15.0 Å². The van der Waals surface area contributed by atoms with Crippen LogP contribution in [0.25, 0.3) is 0 Å². The fourth-order valence-corrected chi connectivity index (χ4v) is 6.58. The molecule has 0 aromatic heterocycles. The molecule has 4 aromatic carbocycles. The van der Waals surface area contributed by atoms with Crippen molar-refractivity contribution in [2.75, 3.05) is 18.0 Å². The topological polar surface area (TPSA) is 96.0 Å². The molecule has 8 nitrogen and oxygen atoms in total. The fraction of sp³-hybridized carbons (Fsp3) is 0.278. The van der Waals surface area contributed by atoms with Crippen molar-refractivity contribution in [3.05, 3.63) is 125 Å². The molecule has 2 amide bonds. The Morgan fingerprint density at radius 3 is 2.13 bits per heavy atom. The summed E-state index contributed by atoms with van der Waals surface area (Å²) in [4.78, 5) is 30.0. The zero-order chi connectivity index (χ0) is 33.3. The van der Waals surface area contributed by atoms with Crippen molar-refractivity contribution in [1.82, 2.24) is 10.2 Å². The summed E-state index contributed by atoms with van der Waals surface area (Å²) >= 11 is 6.35. The lowest BCUT2D eigenvalue weighted by atomic mass is 10.0. The highest BCUT2D eigenvalue weighted by atomic mass is 35.5. The average Bonchev–Trinajstić information content (AvgIpc) is 3.06. The van der Waals surface area contributed by atoms with Gasteiger partial charge in [-0.3, -0.25) is 13.9 Å². The van der Waals surface area contributed by atoms with Crippen LogP contribution in [-0.4, -0.2) is 50.9 Å². The van der Waals surface area contributed by atoms with Crippen LogP contribution in [0.1, 0.15) is 37.0 Å². The maximum atomic E-state index is 14.6.